The van der Waals surface area contributed by atoms with Crippen molar-refractivity contribution in [3.05, 3.63) is 71.6 Å². The minimum atomic E-state index is 0. The van der Waals surface area contributed by atoms with Crippen molar-refractivity contribution in [1.29, 1.82) is 0 Å². The number of fused-ring (bicyclic) bond motifs is 1. The van der Waals surface area contributed by atoms with Crippen LogP contribution in [0.5, 0.6) is 0 Å². The van der Waals surface area contributed by atoms with Gasteiger partial charge in [-0.3, -0.25) is 0 Å². The summed E-state index contributed by atoms with van der Waals surface area (Å²) < 4.78 is 4.41. The molecule has 2 N–H and O–H groups in total. The summed E-state index contributed by atoms with van der Waals surface area (Å²) in [5, 5.41) is 3.24. The Morgan fingerprint density at radius 2 is 2.00 bits per heavy atom. The topological polar surface area (TPSA) is 61.1 Å². The Morgan fingerprint density at radius 1 is 1.11 bits per heavy atom. The van der Waals surface area contributed by atoms with Crippen LogP contribution in [0.2, 0.25) is 0 Å². The van der Waals surface area contributed by atoms with E-state index in [2.05, 4.69) is 43.5 Å². The number of aliphatic imine (C=N–C) groups is 1. The van der Waals surface area contributed by atoms with Crippen LogP contribution in [-0.2, 0) is 13.1 Å². The molecule has 3 aromatic heterocycles. The van der Waals surface area contributed by atoms with Gasteiger partial charge in [-0.05, 0) is 47.9 Å². The molecule has 0 radical (unpaired) electrons. The number of hydrogen-bond acceptors (Lipinski definition) is 3. The van der Waals surface area contributed by atoms with Gasteiger partial charge in [0, 0.05) is 31.7 Å². The number of unbranched alkanes of at least 4 members (excludes halogenated alkanes) is 1. The van der Waals surface area contributed by atoms with Crippen LogP contribution in [0.25, 0.3) is 10.9 Å². The highest BCUT2D eigenvalue weighted by molar-refractivity contribution is 7.12. The van der Waals surface area contributed by atoms with Crippen molar-refractivity contribution in [2.75, 3.05) is 0 Å². The fraction of sp³-hybridized carbons (Fsp3) is 0.200. The number of aryl methyl sites for hydroxylation is 2. The fourth-order valence-corrected chi connectivity index (χ4v) is 3.68. The first-order valence-corrected chi connectivity index (χ1v) is 9.60. The molecular weight excluding hydrogens is 378 g/mol. The third-order valence-corrected chi connectivity index (χ3v) is 5.30. The molecule has 0 aliphatic rings. The molecule has 0 saturated heterocycles. The summed E-state index contributed by atoms with van der Waals surface area (Å²) in [7, 11) is 0. The van der Waals surface area contributed by atoms with Crippen molar-refractivity contribution >= 4 is 46.2 Å². The summed E-state index contributed by atoms with van der Waals surface area (Å²) in [6.07, 6.45) is 10.1. The lowest BCUT2D eigenvalue weighted by molar-refractivity contribution is 0.560. The maximum atomic E-state index is 6.12. The van der Waals surface area contributed by atoms with Gasteiger partial charge in [-0.25, -0.2) is 9.98 Å². The normalized spacial score (nSPS) is 11.6. The number of nitrogens with zero attached hydrogens (tertiary/aromatic N) is 4. The zero-order valence-electron chi connectivity index (χ0n) is 14.9. The molecule has 1 aromatic carbocycles. The van der Waals surface area contributed by atoms with Crippen LogP contribution in [0.1, 0.15) is 17.7 Å². The monoisotopic (exact) mass is 399 g/mol. The Balaban J connectivity index is 0.00000210. The molecule has 3 heterocycles. The number of rotatable bonds is 7. The second kappa shape index (κ2) is 8.88. The lowest BCUT2D eigenvalue weighted by Crippen LogP contribution is -2.10. The number of nitrogens with two attached hydrogens (primary N) is 1. The maximum Gasteiger partial charge on any atom is 0.141 e. The van der Waals surface area contributed by atoms with Gasteiger partial charge < -0.3 is 14.9 Å². The summed E-state index contributed by atoms with van der Waals surface area (Å²) in [5.41, 5.74) is 8.21. The molecule has 0 amide bonds. The molecule has 4 rings (SSSR count). The number of hydrogen-bond donors (Lipinski definition) is 1. The minimum absolute atomic E-state index is 0. The first kappa shape index (κ1) is 19.2. The van der Waals surface area contributed by atoms with Crippen molar-refractivity contribution in [2.45, 2.75) is 25.9 Å². The van der Waals surface area contributed by atoms with Crippen molar-refractivity contribution in [1.82, 2.24) is 14.1 Å². The number of imidazole rings is 1. The van der Waals surface area contributed by atoms with Crippen LogP contribution in [0, 0.1) is 0 Å². The lowest BCUT2D eigenvalue weighted by Gasteiger charge is -2.07. The minimum Gasteiger partial charge on any atom is -0.383 e. The van der Waals surface area contributed by atoms with E-state index >= 15 is 0 Å². The highest BCUT2D eigenvalue weighted by atomic mass is 35.5. The number of benzene rings is 1. The molecule has 7 heteroatoms. The van der Waals surface area contributed by atoms with E-state index in [1.165, 1.54) is 10.9 Å². The van der Waals surface area contributed by atoms with Crippen molar-refractivity contribution < 1.29 is 0 Å². The van der Waals surface area contributed by atoms with Gasteiger partial charge in [-0.2, -0.15) is 0 Å². The average molecular weight is 400 g/mol. The van der Waals surface area contributed by atoms with Gasteiger partial charge in [0.15, 0.2) is 0 Å². The Kier molecular flexibility index (Phi) is 6.32. The van der Waals surface area contributed by atoms with E-state index in [0.717, 1.165) is 36.5 Å². The number of aromatic nitrogens is 3. The summed E-state index contributed by atoms with van der Waals surface area (Å²) in [4.78, 5) is 9.66. The van der Waals surface area contributed by atoms with E-state index in [9.17, 15) is 0 Å². The summed E-state index contributed by atoms with van der Waals surface area (Å²) in [6, 6.07) is 12.4. The standard InChI is InChI=1S/C20H21N5S.ClH/c21-20(19-4-3-13-26-19)23-17-6-5-16-7-11-25(18(16)14-17)10-2-1-9-24-12-8-22-15-24;/h3-8,11-15H,1-2,9-10H2,(H2,21,23);1H. The molecule has 0 bridgehead atoms. The lowest BCUT2D eigenvalue weighted by atomic mass is 10.2. The predicted octanol–water partition coefficient (Wildman–Crippen LogP) is 4.84. The van der Waals surface area contributed by atoms with E-state index in [-0.39, 0.29) is 12.4 Å². The summed E-state index contributed by atoms with van der Waals surface area (Å²) in [6.45, 7) is 2.00. The zero-order chi connectivity index (χ0) is 17.8. The Hall–Kier alpha value is -2.57. The smallest absolute Gasteiger partial charge is 0.141 e. The van der Waals surface area contributed by atoms with Crippen LogP contribution < -0.4 is 5.73 Å². The Bertz CT molecular complexity index is 1000. The molecule has 5 nitrogen and oxygen atoms in total. The van der Waals surface area contributed by atoms with E-state index in [1.54, 1.807) is 11.3 Å². The third kappa shape index (κ3) is 4.59. The highest BCUT2D eigenvalue weighted by Crippen LogP contribution is 2.24. The van der Waals surface area contributed by atoms with Crippen LogP contribution in [0.4, 0.5) is 5.69 Å². The predicted molar refractivity (Wildman–Crippen MR) is 115 cm³/mol. The SMILES string of the molecule is Cl.NC(=Nc1ccc2ccn(CCCCn3ccnc3)c2c1)c1cccs1. The van der Waals surface area contributed by atoms with Gasteiger partial charge in [0.2, 0.25) is 0 Å². The molecule has 4 aromatic rings. The third-order valence-electron chi connectivity index (χ3n) is 4.41. The first-order chi connectivity index (χ1) is 12.8. The second-order valence-electron chi connectivity index (χ2n) is 6.23. The van der Waals surface area contributed by atoms with Crippen LogP contribution in [0.15, 0.2) is 71.7 Å². The van der Waals surface area contributed by atoms with Crippen molar-refractivity contribution in [2.24, 2.45) is 10.7 Å². The van der Waals surface area contributed by atoms with Gasteiger partial charge in [0.05, 0.1) is 22.4 Å². The zero-order valence-corrected chi connectivity index (χ0v) is 16.5. The van der Waals surface area contributed by atoms with Crippen LogP contribution in [-0.4, -0.2) is 20.0 Å². The summed E-state index contributed by atoms with van der Waals surface area (Å²) in [5.74, 6) is 0.567. The van der Waals surface area contributed by atoms with Crippen LogP contribution in [0.3, 0.4) is 0 Å². The van der Waals surface area contributed by atoms with Crippen molar-refractivity contribution in [3.8, 4) is 0 Å². The highest BCUT2D eigenvalue weighted by Gasteiger charge is 2.04. The summed E-state index contributed by atoms with van der Waals surface area (Å²) >= 11 is 1.60. The van der Waals surface area contributed by atoms with Gasteiger partial charge in [-0.15, -0.1) is 23.7 Å². The molecule has 27 heavy (non-hydrogen) atoms. The van der Waals surface area contributed by atoms with E-state index in [4.69, 9.17) is 5.73 Å². The maximum absolute atomic E-state index is 6.12. The quantitative estimate of drug-likeness (QED) is 0.274. The molecular formula is C20H22ClN5S. The van der Waals surface area contributed by atoms with E-state index < -0.39 is 0 Å². The molecule has 0 unspecified atom stereocenters. The number of halogens is 1. The first-order valence-electron chi connectivity index (χ1n) is 8.72. The Labute approximate surface area is 168 Å². The molecule has 140 valence electrons. The molecule has 0 aliphatic carbocycles. The second-order valence-corrected chi connectivity index (χ2v) is 7.18. The largest absolute Gasteiger partial charge is 0.383 e. The van der Waals surface area contributed by atoms with Gasteiger partial charge in [0.1, 0.15) is 5.84 Å². The number of amidine groups is 1. The molecule has 0 atom stereocenters. The number of thiophene rings is 1. The average Bonchev–Trinajstić information content (AvgIpc) is 3.40. The van der Waals surface area contributed by atoms with E-state index in [0.29, 0.717) is 5.84 Å². The van der Waals surface area contributed by atoms with Crippen molar-refractivity contribution in [3.63, 3.8) is 0 Å². The van der Waals surface area contributed by atoms with E-state index in [1.807, 2.05) is 42.3 Å². The van der Waals surface area contributed by atoms with Gasteiger partial charge in [0.25, 0.3) is 0 Å². The Morgan fingerprint density at radius 3 is 2.78 bits per heavy atom. The molecule has 0 saturated carbocycles. The van der Waals surface area contributed by atoms with Gasteiger partial charge >= 0.3 is 0 Å². The van der Waals surface area contributed by atoms with Crippen LogP contribution >= 0.6 is 23.7 Å². The van der Waals surface area contributed by atoms with Gasteiger partial charge in [-0.1, -0.05) is 12.1 Å². The fourth-order valence-electron chi connectivity index (χ4n) is 3.05. The molecule has 0 spiro atoms. The molecule has 0 aliphatic heterocycles. The molecule has 0 fully saturated rings.